The fourth-order valence-corrected chi connectivity index (χ4v) is 3.57. The number of furan rings is 1. The van der Waals surface area contributed by atoms with Crippen LogP contribution in [0, 0.1) is 12.3 Å². The second-order valence-electron chi connectivity index (χ2n) is 5.79. The summed E-state index contributed by atoms with van der Waals surface area (Å²) in [5, 5.41) is 0. The van der Waals surface area contributed by atoms with Crippen molar-refractivity contribution in [2.24, 2.45) is 5.41 Å². The van der Waals surface area contributed by atoms with E-state index in [0.29, 0.717) is 0 Å². The molecule has 0 spiro atoms. The smallest absolute Gasteiger partial charge is 0.193 e. The molecule has 17 heavy (non-hydrogen) atoms. The standard InChI is InChI=1S/C15H18O2/c1-9-5-4-6-15(3)7-11-12(10(2)8-17-11)14(16)13(9)15/h8H,4-7H2,1-3H3. The topological polar surface area (TPSA) is 30.2 Å². The molecule has 0 aliphatic heterocycles. The van der Waals surface area contributed by atoms with Crippen LogP contribution >= 0.6 is 0 Å². The molecule has 0 amide bonds. The Kier molecular flexibility index (Phi) is 2.13. The number of allylic oxidation sites excluding steroid dienone is 2. The van der Waals surface area contributed by atoms with E-state index in [1.54, 1.807) is 6.26 Å². The molecular weight excluding hydrogens is 212 g/mol. The van der Waals surface area contributed by atoms with Gasteiger partial charge in [0, 0.05) is 17.4 Å². The van der Waals surface area contributed by atoms with Gasteiger partial charge in [0.2, 0.25) is 0 Å². The second kappa shape index (κ2) is 3.34. The molecule has 2 aliphatic rings. The van der Waals surface area contributed by atoms with Crippen molar-refractivity contribution in [2.45, 2.75) is 46.5 Å². The molecule has 0 saturated heterocycles. The Morgan fingerprint density at radius 1 is 1.35 bits per heavy atom. The summed E-state index contributed by atoms with van der Waals surface area (Å²) in [5.41, 5.74) is 4.18. The monoisotopic (exact) mass is 230 g/mol. The summed E-state index contributed by atoms with van der Waals surface area (Å²) in [6, 6.07) is 0. The molecule has 0 fully saturated rings. The van der Waals surface area contributed by atoms with Crippen LogP contribution in [0.1, 0.15) is 54.8 Å². The number of fused-ring (bicyclic) bond motifs is 2. The van der Waals surface area contributed by atoms with Gasteiger partial charge in [-0.3, -0.25) is 4.79 Å². The molecule has 0 bridgehead atoms. The van der Waals surface area contributed by atoms with Gasteiger partial charge in [0.25, 0.3) is 0 Å². The third kappa shape index (κ3) is 1.36. The summed E-state index contributed by atoms with van der Waals surface area (Å²) >= 11 is 0. The molecule has 1 atom stereocenters. The molecule has 1 heterocycles. The number of hydrogen-bond acceptors (Lipinski definition) is 2. The van der Waals surface area contributed by atoms with Gasteiger partial charge >= 0.3 is 0 Å². The molecule has 0 radical (unpaired) electrons. The number of aryl methyl sites for hydroxylation is 1. The molecule has 1 aromatic heterocycles. The molecule has 1 aromatic rings. The predicted octanol–water partition coefficient (Wildman–Crippen LogP) is 3.83. The van der Waals surface area contributed by atoms with E-state index in [9.17, 15) is 4.79 Å². The largest absolute Gasteiger partial charge is 0.468 e. The third-order valence-corrected chi connectivity index (χ3v) is 4.37. The van der Waals surface area contributed by atoms with Crippen LogP contribution in [0.4, 0.5) is 0 Å². The van der Waals surface area contributed by atoms with E-state index in [-0.39, 0.29) is 11.2 Å². The maximum Gasteiger partial charge on any atom is 0.193 e. The lowest BCUT2D eigenvalue weighted by Gasteiger charge is -2.39. The van der Waals surface area contributed by atoms with Gasteiger partial charge in [0.05, 0.1) is 11.8 Å². The van der Waals surface area contributed by atoms with Crippen LogP contribution in [0.5, 0.6) is 0 Å². The van der Waals surface area contributed by atoms with E-state index in [2.05, 4.69) is 13.8 Å². The van der Waals surface area contributed by atoms with E-state index in [1.807, 2.05) is 6.92 Å². The minimum atomic E-state index is 0.0106. The Balaban J connectivity index is 2.24. The Bertz CT molecular complexity index is 533. The van der Waals surface area contributed by atoms with Crippen molar-refractivity contribution in [3.8, 4) is 0 Å². The number of ketones is 1. The SMILES string of the molecule is CC1=C2C(=O)c3c(C)coc3CC2(C)CCC1. The summed E-state index contributed by atoms with van der Waals surface area (Å²) in [5.74, 6) is 1.12. The Labute approximate surface area is 102 Å². The van der Waals surface area contributed by atoms with Crippen molar-refractivity contribution in [1.29, 1.82) is 0 Å². The van der Waals surface area contributed by atoms with Crippen LogP contribution < -0.4 is 0 Å². The van der Waals surface area contributed by atoms with E-state index >= 15 is 0 Å². The summed E-state index contributed by atoms with van der Waals surface area (Å²) in [6.45, 7) is 6.29. The Morgan fingerprint density at radius 2 is 2.12 bits per heavy atom. The molecule has 0 N–H and O–H groups in total. The molecular formula is C15H18O2. The van der Waals surface area contributed by atoms with Gasteiger partial charge in [-0.25, -0.2) is 0 Å². The quantitative estimate of drug-likeness (QED) is 0.678. The predicted molar refractivity (Wildman–Crippen MR) is 66.1 cm³/mol. The zero-order valence-corrected chi connectivity index (χ0v) is 10.7. The fourth-order valence-electron chi connectivity index (χ4n) is 3.57. The lowest BCUT2D eigenvalue weighted by Crippen LogP contribution is -2.35. The summed E-state index contributed by atoms with van der Waals surface area (Å²) in [6.07, 6.45) is 5.97. The molecule has 3 rings (SSSR count). The van der Waals surface area contributed by atoms with Crippen molar-refractivity contribution >= 4 is 5.78 Å². The van der Waals surface area contributed by atoms with Crippen LogP contribution in [0.3, 0.4) is 0 Å². The van der Waals surface area contributed by atoms with Gasteiger partial charge in [-0.05, 0) is 38.7 Å². The summed E-state index contributed by atoms with van der Waals surface area (Å²) in [7, 11) is 0. The Hall–Kier alpha value is -1.31. The molecule has 1 unspecified atom stereocenters. The molecule has 2 nitrogen and oxygen atoms in total. The average molecular weight is 230 g/mol. The molecule has 0 aromatic carbocycles. The first-order valence-corrected chi connectivity index (χ1v) is 6.35. The number of carbonyl (C=O) groups is 1. The van der Waals surface area contributed by atoms with Gasteiger partial charge in [-0.1, -0.05) is 12.5 Å². The van der Waals surface area contributed by atoms with Crippen molar-refractivity contribution in [2.75, 3.05) is 0 Å². The van der Waals surface area contributed by atoms with Crippen molar-refractivity contribution < 1.29 is 9.21 Å². The molecule has 0 saturated carbocycles. The first-order valence-electron chi connectivity index (χ1n) is 6.35. The summed E-state index contributed by atoms with van der Waals surface area (Å²) in [4.78, 5) is 12.6. The minimum absolute atomic E-state index is 0.0106. The molecule has 2 aliphatic carbocycles. The second-order valence-corrected chi connectivity index (χ2v) is 5.79. The highest BCUT2D eigenvalue weighted by Gasteiger charge is 2.44. The maximum absolute atomic E-state index is 12.6. The highest BCUT2D eigenvalue weighted by molar-refractivity contribution is 6.12. The van der Waals surface area contributed by atoms with E-state index < -0.39 is 0 Å². The van der Waals surface area contributed by atoms with Crippen LogP contribution in [0.15, 0.2) is 21.8 Å². The highest BCUT2D eigenvalue weighted by Crippen LogP contribution is 2.48. The maximum atomic E-state index is 12.6. The Morgan fingerprint density at radius 3 is 2.88 bits per heavy atom. The number of Topliss-reactive ketones (excluding diaryl/α,β-unsaturated/α-hetero) is 1. The molecule has 90 valence electrons. The number of hydrogen-bond donors (Lipinski definition) is 0. The van der Waals surface area contributed by atoms with Crippen LogP contribution in [0.25, 0.3) is 0 Å². The van der Waals surface area contributed by atoms with Crippen molar-refractivity contribution in [3.05, 3.63) is 34.3 Å². The van der Waals surface area contributed by atoms with Crippen molar-refractivity contribution in [1.82, 2.24) is 0 Å². The van der Waals surface area contributed by atoms with E-state index in [1.165, 1.54) is 12.0 Å². The van der Waals surface area contributed by atoms with Gasteiger partial charge in [-0.2, -0.15) is 0 Å². The van der Waals surface area contributed by atoms with Gasteiger partial charge in [0.15, 0.2) is 5.78 Å². The highest BCUT2D eigenvalue weighted by atomic mass is 16.3. The van der Waals surface area contributed by atoms with Crippen LogP contribution in [-0.2, 0) is 6.42 Å². The van der Waals surface area contributed by atoms with Crippen LogP contribution in [-0.4, -0.2) is 5.78 Å². The normalized spacial score (nSPS) is 28.1. The molecule has 2 heteroatoms. The fraction of sp³-hybridized carbons (Fsp3) is 0.533. The van der Waals surface area contributed by atoms with Gasteiger partial charge in [0.1, 0.15) is 5.76 Å². The zero-order chi connectivity index (χ0) is 12.2. The first-order chi connectivity index (χ1) is 8.03. The van der Waals surface area contributed by atoms with Crippen molar-refractivity contribution in [3.63, 3.8) is 0 Å². The number of rotatable bonds is 0. The average Bonchev–Trinajstić information content (AvgIpc) is 2.59. The minimum Gasteiger partial charge on any atom is -0.468 e. The van der Waals surface area contributed by atoms with E-state index in [0.717, 1.165) is 41.7 Å². The van der Waals surface area contributed by atoms with Gasteiger partial charge in [-0.15, -0.1) is 0 Å². The van der Waals surface area contributed by atoms with Gasteiger partial charge < -0.3 is 4.42 Å². The van der Waals surface area contributed by atoms with E-state index in [4.69, 9.17) is 4.42 Å². The third-order valence-electron chi connectivity index (χ3n) is 4.37. The van der Waals surface area contributed by atoms with Crippen LogP contribution in [0.2, 0.25) is 0 Å². The summed E-state index contributed by atoms with van der Waals surface area (Å²) < 4.78 is 5.56. The zero-order valence-electron chi connectivity index (χ0n) is 10.7. The number of carbonyl (C=O) groups excluding carboxylic acids is 1. The first kappa shape index (κ1) is 10.8. The lowest BCUT2D eigenvalue weighted by molar-refractivity contribution is 0.0970. The lowest BCUT2D eigenvalue weighted by atomic mass is 9.63.